The fourth-order valence-corrected chi connectivity index (χ4v) is 4.56. The molecule has 2 N–H and O–H groups in total. The maximum absolute atomic E-state index is 12.6. The van der Waals surface area contributed by atoms with E-state index in [0.29, 0.717) is 18.4 Å². The first kappa shape index (κ1) is 25.5. The van der Waals surface area contributed by atoms with Gasteiger partial charge in [-0.1, -0.05) is 24.3 Å². The lowest BCUT2D eigenvalue weighted by Crippen LogP contribution is -2.33. The number of hydrogen-bond acceptors (Lipinski definition) is 6. The fraction of sp³-hybridized carbons (Fsp3) is 0.423. The van der Waals surface area contributed by atoms with E-state index in [1.165, 1.54) is 18.2 Å². The van der Waals surface area contributed by atoms with Gasteiger partial charge in [0.1, 0.15) is 11.6 Å². The van der Waals surface area contributed by atoms with E-state index in [1.807, 2.05) is 43.3 Å². The van der Waals surface area contributed by atoms with E-state index in [0.717, 1.165) is 55.0 Å². The SMILES string of the molecule is CN(C)c1nc(NC[C@H]2CC[C@H](CNC(=O)c3ccccc3OC(F)(F)F)CC2)nc2ccccc12. The highest BCUT2D eigenvalue weighted by Crippen LogP contribution is 2.30. The van der Waals surface area contributed by atoms with Crippen molar-refractivity contribution >= 4 is 28.6 Å². The Labute approximate surface area is 208 Å². The normalized spacial score (nSPS) is 18.0. The Morgan fingerprint density at radius 1 is 0.972 bits per heavy atom. The zero-order chi connectivity index (χ0) is 25.7. The van der Waals surface area contributed by atoms with Crippen molar-refractivity contribution in [1.82, 2.24) is 15.3 Å². The van der Waals surface area contributed by atoms with Gasteiger partial charge in [0.15, 0.2) is 0 Å². The quantitative estimate of drug-likeness (QED) is 0.439. The molecule has 4 rings (SSSR count). The molecule has 7 nitrogen and oxygen atoms in total. The molecular weight excluding hydrogens is 471 g/mol. The molecule has 3 aromatic rings. The lowest BCUT2D eigenvalue weighted by atomic mass is 9.82. The Balaban J connectivity index is 1.26. The van der Waals surface area contributed by atoms with Gasteiger partial charge in [0.05, 0.1) is 11.1 Å². The van der Waals surface area contributed by atoms with Crippen LogP contribution in [0.1, 0.15) is 36.0 Å². The van der Waals surface area contributed by atoms with Crippen LogP contribution in [0.3, 0.4) is 0 Å². The first-order valence-electron chi connectivity index (χ1n) is 12.0. The molecular formula is C26H30F3N5O2. The monoisotopic (exact) mass is 501 g/mol. The number of benzene rings is 2. The van der Waals surface area contributed by atoms with Gasteiger partial charge in [0.2, 0.25) is 5.95 Å². The molecule has 0 atom stereocenters. The van der Waals surface area contributed by atoms with Crippen LogP contribution in [-0.2, 0) is 0 Å². The molecule has 0 radical (unpaired) electrons. The van der Waals surface area contributed by atoms with Crippen molar-refractivity contribution in [3.05, 3.63) is 54.1 Å². The van der Waals surface area contributed by atoms with Crippen LogP contribution >= 0.6 is 0 Å². The van der Waals surface area contributed by atoms with Crippen molar-refractivity contribution in [2.24, 2.45) is 11.8 Å². The largest absolute Gasteiger partial charge is 0.573 e. The molecule has 0 aliphatic heterocycles. The number of anilines is 2. The maximum atomic E-state index is 12.6. The highest BCUT2D eigenvalue weighted by Gasteiger charge is 2.33. The highest BCUT2D eigenvalue weighted by atomic mass is 19.4. The van der Waals surface area contributed by atoms with E-state index in [-0.39, 0.29) is 11.5 Å². The number of para-hydroxylation sites is 2. The summed E-state index contributed by atoms with van der Waals surface area (Å²) in [5, 5.41) is 7.17. The van der Waals surface area contributed by atoms with Crippen LogP contribution in [-0.4, -0.2) is 49.4 Å². The summed E-state index contributed by atoms with van der Waals surface area (Å²) in [6, 6.07) is 13.3. The van der Waals surface area contributed by atoms with Gasteiger partial charge in [-0.3, -0.25) is 4.79 Å². The molecule has 0 saturated heterocycles. The average molecular weight is 502 g/mol. The van der Waals surface area contributed by atoms with E-state index in [9.17, 15) is 18.0 Å². The van der Waals surface area contributed by atoms with Crippen LogP contribution in [0, 0.1) is 11.8 Å². The van der Waals surface area contributed by atoms with Gasteiger partial charge in [-0.2, -0.15) is 4.98 Å². The van der Waals surface area contributed by atoms with E-state index >= 15 is 0 Å². The van der Waals surface area contributed by atoms with E-state index in [1.54, 1.807) is 0 Å². The standard InChI is InChI=1S/C26H30F3N5O2/c1-34(2)23-19-7-3-5-9-21(19)32-25(33-23)31-16-18-13-11-17(12-14-18)15-30-24(35)20-8-4-6-10-22(20)36-26(27,28)29/h3-10,17-18H,11-16H2,1-2H3,(H,30,35)(H,31,32,33)/t17-,18-. The number of carbonyl (C=O) groups excluding carboxylic acids is 1. The van der Waals surface area contributed by atoms with Crippen molar-refractivity contribution in [2.45, 2.75) is 32.0 Å². The number of rotatable bonds is 8. The topological polar surface area (TPSA) is 79.4 Å². The summed E-state index contributed by atoms with van der Waals surface area (Å²) < 4.78 is 41.9. The molecule has 1 aliphatic rings. The second kappa shape index (κ2) is 11.0. The Morgan fingerprint density at radius 3 is 2.31 bits per heavy atom. The smallest absolute Gasteiger partial charge is 0.405 e. The number of ether oxygens (including phenoxy) is 1. The lowest BCUT2D eigenvalue weighted by Gasteiger charge is -2.29. The Morgan fingerprint density at radius 2 is 1.61 bits per heavy atom. The molecule has 1 amide bonds. The van der Waals surface area contributed by atoms with Gasteiger partial charge < -0.3 is 20.3 Å². The van der Waals surface area contributed by atoms with E-state index < -0.39 is 18.0 Å². The molecule has 1 aliphatic carbocycles. The van der Waals surface area contributed by atoms with E-state index in [2.05, 4.69) is 25.3 Å². The number of nitrogens with zero attached hydrogens (tertiary/aromatic N) is 3. The molecule has 192 valence electrons. The minimum atomic E-state index is -4.85. The lowest BCUT2D eigenvalue weighted by molar-refractivity contribution is -0.274. The van der Waals surface area contributed by atoms with Crippen LogP contribution in [0.4, 0.5) is 24.9 Å². The van der Waals surface area contributed by atoms with Crippen LogP contribution < -0.4 is 20.3 Å². The average Bonchev–Trinajstić information content (AvgIpc) is 2.85. The number of halogens is 3. The van der Waals surface area contributed by atoms with Gasteiger partial charge in [0, 0.05) is 32.6 Å². The zero-order valence-corrected chi connectivity index (χ0v) is 20.3. The molecule has 10 heteroatoms. The van der Waals surface area contributed by atoms with Crippen molar-refractivity contribution in [2.75, 3.05) is 37.4 Å². The third kappa shape index (κ3) is 6.56. The fourth-order valence-electron chi connectivity index (χ4n) is 4.56. The van der Waals surface area contributed by atoms with Gasteiger partial charge in [-0.15, -0.1) is 13.2 Å². The molecule has 0 unspecified atom stereocenters. The molecule has 0 bridgehead atoms. The number of aromatic nitrogens is 2. The van der Waals surface area contributed by atoms with E-state index in [4.69, 9.17) is 0 Å². The first-order chi connectivity index (χ1) is 17.2. The molecule has 1 saturated carbocycles. The molecule has 36 heavy (non-hydrogen) atoms. The summed E-state index contributed by atoms with van der Waals surface area (Å²) in [7, 11) is 3.92. The number of hydrogen-bond donors (Lipinski definition) is 2. The van der Waals surface area contributed by atoms with Crippen molar-refractivity contribution in [3.8, 4) is 5.75 Å². The summed E-state index contributed by atoms with van der Waals surface area (Å²) in [5.74, 6) is 1.14. The van der Waals surface area contributed by atoms with Gasteiger partial charge >= 0.3 is 6.36 Å². The number of nitrogens with one attached hydrogen (secondary N) is 2. The number of amides is 1. The van der Waals surface area contributed by atoms with Gasteiger partial charge in [-0.05, 0) is 61.8 Å². The highest BCUT2D eigenvalue weighted by molar-refractivity contribution is 5.96. The Hall–Kier alpha value is -3.56. The van der Waals surface area contributed by atoms with Crippen LogP contribution in [0.25, 0.3) is 10.9 Å². The van der Waals surface area contributed by atoms with Crippen LogP contribution in [0.2, 0.25) is 0 Å². The zero-order valence-electron chi connectivity index (χ0n) is 20.3. The summed E-state index contributed by atoms with van der Waals surface area (Å²) in [4.78, 5) is 23.8. The van der Waals surface area contributed by atoms with Crippen LogP contribution in [0.15, 0.2) is 48.5 Å². The van der Waals surface area contributed by atoms with Crippen molar-refractivity contribution in [3.63, 3.8) is 0 Å². The molecule has 1 fully saturated rings. The van der Waals surface area contributed by atoms with Crippen molar-refractivity contribution < 1.29 is 22.7 Å². The van der Waals surface area contributed by atoms with Crippen molar-refractivity contribution in [1.29, 1.82) is 0 Å². The summed E-state index contributed by atoms with van der Waals surface area (Å²) >= 11 is 0. The number of fused-ring (bicyclic) bond motifs is 1. The third-order valence-corrected chi connectivity index (χ3v) is 6.43. The number of alkyl halides is 3. The Kier molecular flexibility index (Phi) is 7.81. The van der Waals surface area contributed by atoms with Gasteiger partial charge in [-0.25, -0.2) is 4.98 Å². The molecule has 1 heterocycles. The summed E-state index contributed by atoms with van der Waals surface area (Å²) in [5.41, 5.74) is 0.764. The number of carbonyl (C=O) groups is 1. The minimum absolute atomic E-state index is 0.125. The predicted molar refractivity (Wildman–Crippen MR) is 133 cm³/mol. The first-order valence-corrected chi connectivity index (χ1v) is 12.0. The maximum Gasteiger partial charge on any atom is 0.573 e. The summed E-state index contributed by atoms with van der Waals surface area (Å²) in [6.45, 7) is 1.17. The van der Waals surface area contributed by atoms with Gasteiger partial charge in [0.25, 0.3) is 5.91 Å². The molecule has 1 aromatic heterocycles. The second-order valence-electron chi connectivity index (χ2n) is 9.30. The predicted octanol–water partition coefficient (Wildman–Crippen LogP) is 5.24. The summed E-state index contributed by atoms with van der Waals surface area (Å²) in [6.07, 6.45) is -1.04. The second-order valence-corrected chi connectivity index (χ2v) is 9.30. The molecule has 0 spiro atoms. The minimum Gasteiger partial charge on any atom is -0.405 e. The molecule has 2 aromatic carbocycles. The third-order valence-electron chi connectivity index (χ3n) is 6.43. The Bertz CT molecular complexity index is 1190. The van der Waals surface area contributed by atoms with Crippen LogP contribution in [0.5, 0.6) is 5.75 Å².